The molecule has 0 aliphatic heterocycles. The van der Waals surface area contributed by atoms with Gasteiger partial charge in [0.2, 0.25) is 17.8 Å². The highest BCUT2D eigenvalue weighted by molar-refractivity contribution is 5.33. The molecule has 18 heavy (non-hydrogen) atoms. The Balaban J connectivity index is -0.000000210. The van der Waals surface area contributed by atoms with E-state index in [2.05, 4.69) is 15.0 Å². The van der Waals surface area contributed by atoms with E-state index in [0.717, 1.165) is 18.8 Å². The first-order chi connectivity index (χ1) is 8.42. The van der Waals surface area contributed by atoms with Crippen LogP contribution in [0, 0.1) is 34.6 Å². The number of nitrogens with zero attached hydrogens (tertiary/aromatic N) is 6. The van der Waals surface area contributed by atoms with E-state index in [4.69, 9.17) is 48.3 Å². The van der Waals surface area contributed by atoms with Crippen LogP contribution in [0.25, 0.3) is 0 Å². The Morgan fingerprint density at radius 1 is 0.667 bits per heavy atom. The van der Waals surface area contributed by atoms with Crippen molar-refractivity contribution in [3.63, 3.8) is 0 Å². The lowest BCUT2D eigenvalue weighted by molar-refractivity contribution is 0.502. The third-order valence-corrected chi connectivity index (χ3v) is 0.687. The number of aromatic nitrogens is 3. The largest absolute Gasteiger partial charge is 0.443 e. The van der Waals surface area contributed by atoms with Crippen LogP contribution in [0.15, 0.2) is 0 Å². The molecule has 0 radical (unpaired) electrons. The van der Waals surface area contributed by atoms with Gasteiger partial charge < -0.3 is 32.5 Å². The number of nitriles is 3. The monoisotopic (exact) mass is 255 g/mol. The summed E-state index contributed by atoms with van der Waals surface area (Å²) < 4.78 is 0. The number of aliphatic hydroxyl groups excluding tert-OH is 3. The van der Waals surface area contributed by atoms with Crippen LogP contribution in [0.2, 0.25) is 0 Å². The molecular weight excluding hydrogens is 246 g/mol. The van der Waals surface area contributed by atoms with Gasteiger partial charge in [0, 0.05) is 0 Å². The molecule has 1 heterocycles. The van der Waals surface area contributed by atoms with Gasteiger partial charge in [0.25, 0.3) is 18.8 Å². The second-order valence-corrected chi connectivity index (χ2v) is 1.71. The van der Waals surface area contributed by atoms with Crippen LogP contribution >= 0.6 is 0 Å². The smallest absolute Gasteiger partial charge is 0.283 e. The molecular formula is C6H9N9O3. The van der Waals surface area contributed by atoms with Crippen LogP contribution in [0.5, 0.6) is 0 Å². The predicted molar refractivity (Wildman–Crippen MR) is 55.7 cm³/mol. The highest BCUT2D eigenvalue weighted by atomic mass is 16.2. The van der Waals surface area contributed by atoms with E-state index in [9.17, 15) is 0 Å². The van der Waals surface area contributed by atoms with Gasteiger partial charge in [-0.3, -0.25) is 0 Å². The standard InChI is InChI=1S/C3H6N6.3CHNO/c4-1-7-2(5)9-3(6)8-1;3*2-1-3/h(H6,4,5,6,7,8,9);3*3H. The minimum Gasteiger partial charge on any atom is -0.443 e. The molecule has 0 atom stereocenters. The predicted octanol–water partition coefficient (Wildman–Crippen LogP) is -1.86. The first-order valence-corrected chi connectivity index (χ1v) is 3.55. The molecule has 1 aromatic rings. The Bertz CT molecular complexity index is 364. The van der Waals surface area contributed by atoms with E-state index in [1.807, 2.05) is 0 Å². The van der Waals surface area contributed by atoms with Crippen molar-refractivity contribution in [2.45, 2.75) is 0 Å². The summed E-state index contributed by atoms with van der Waals surface area (Å²) in [5.41, 5.74) is 15.4. The van der Waals surface area contributed by atoms with Gasteiger partial charge in [-0.1, -0.05) is 0 Å². The fourth-order valence-electron chi connectivity index (χ4n) is 0.427. The number of aliphatic hydroxyl groups is 3. The maximum absolute atomic E-state index is 6.88. The van der Waals surface area contributed by atoms with Crippen molar-refractivity contribution >= 4 is 17.8 Å². The van der Waals surface area contributed by atoms with Crippen molar-refractivity contribution in [3.8, 4) is 18.8 Å². The van der Waals surface area contributed by atoms with Gasteiger partial charge >= 0.3 is 0 Å². The Morgan fingerprint density at radius 2 is 0.778 bits per heavy atom. The van der Waals surface area contributed by atoms with Crippen LogP contribution in [0.4, 0.5) is 17.8 Å². The molecule has 0 bridgehead atoms. The summed E-state index contributed by atoms with van der Waals surface area (Å²) >= 11 is 0. The maximum atomic E-state index is 6.88. The zero-order valence-corrected chi connectivity index (χ0v) is 8.76. The molecule has 12 nitrogen and oxygen atoms in total. The summed E-state index contributed by atoms with van der Waals surface area (Å²) in [6.07, 6.45) is 2.25. The lowest BCUT2D eigenvalue weighted by atomic mass is 10.9. The van der Waals surface area contributed by atoms with Crippen molar-refractivity contribution in [2.24, 2.45) is 0 Å². The lowest BCUT2D eigenvalue weighted by Gasteiger charge is -1.93. The van der Waals surface area contributed by atoms with E-state index in [1.54, 1.807) is 0 Å². The van der Waals surface area contributed by atoms with Gasteiger partial charge in [-0.05, 0) is 0 Å². The third-order valence-electron chi connectivity index (χ3n) is 0.687. The highest BCUT2D eigenvalue weighted by Crippen LogP contribution is 1.97. The number of hydrogen-bond acceptors (Lipinski definition) is 12. The summed E-state index contributed by atoms with van der Waals surface area (Å²) in [5, 5.41) is 41.2. The Labute approximate surface area is 101 Å². The van der Waals surface area contributed by atoms with Crippen LogP contribution in [0.1, 0.15) is 0 Å². The van der Waals surface area contributed by atoms with Crippen molar-refractivity contribution in [3.05, 3.63) is 0 Å². The quantitative estimate of drug-likeness (QED) is 0.279. The number of anilines is 3. The minimum atomic E-state index is 0.0417. The van der Waals surface area contributed by atoms with E-state index < -0.39 is 0 Å². The summed E-state index contributed by atoms with van der Waals surface area (Å²) in [4.78, 5) is 10.5. The molecule has 0 amide bonds. The molecule has 9 N–H and O–H groups in total. The van der Waals surface area contributed by atoms with Crippen LogP contribution in [-0.4, -0.2) is 30.3 Å². The molecule has 0 aromatic carbocycles. The molecule has 0 spiro atoms. The molecule has 1 aromatic heterocycles. The van der Waals surface area contributed by atoms with Gasteiger partial charge in [0.1, 0.15) is 0 Å². The van der Waals surface area contributed by atoms with E-state index in [0.29, 0.717) is 0 Å². The molecule has 0 aliphatic rings. The first kappa shape index (κ1) is 19.8. The summed E-state index contributed by atoms with van der Waals surface area (Å²) in [7, 11) is 0. The van der Waals surface area contributed by atoms with E-state index in [1.165, 1.54) is 0 Å². The first-order valence-electron chi connectivity index (χ1n) is 3.55. The average Bonchev–Trinajstić information content (AvgIpc) is 2.18. The molecule has 1 rings (SSSR count). The van der Waals surface area contributed by atoms with Crippen LogP contribution < -0.4 is 17.2 Å². The second-order valence-electron chi connectivity index (χ2n) is 1.71. The Morgan fingerprint density at radius 3 is 0.889 bits per heavy atom. The zero-order valence-electron chi connectivity index (χ0n) is 8.76. The van der Waals surface area contributed by atoms with Gasteiger partial charge in [0.05, 0.1) is 0 Å². The second kappa shape index (κ2) is 15.7. The summed E-state index contributed by atoms with van der Waals surface area (Å²) in [6.45, 7) is 0. The highest BCUT2D eigenvalue weighted by Gasteiger charge is 1.93. The van der Waals surface area contributed by atoms with Gasteiger partial charge in [-0.25, -0.2) is 0 Å². The van der Waals surface area contributed by atoms with E-state index in [-0.39, 0.29) is 17.8 Å². The SMILES string of the molecule is N#CO.N#CO.N#CO.Nc1nc(N)nc(N)n1. The lowest BCUT2D eigenvalue weighted by Crippen LogP contribution is -2.05. The molecule has 12 heteroatoms. The summed E-state index contributed by atoms with van der Waals surface area (Å²) in [6, 6.07) is 0. The number of rotatable bonds is 0. The van der Waals surface area contributed by atoms with Crippen molar-refractivity contribution in [2.75, 3.05) is 17.2 Å². The van der Waals surface area contributed by atoms with Crippen LogP contribution in [-0.2, 0) is 0 Å². The van der Waals surface area contributed by atoms with Gasteiger partial charge in [0.15, 0.2) is 0 Å². The fraction of sp³-hybridized carbons (Fsp3) is 0. The van der Waals surface area contributed by atoms with Crippen LogP contribution in [0.3, 0.4) is 0 Å². The number of nitrogens with two attached hydrogens (primary N) is 3. The van der Waals surface area contributed by atoms with Crippen molar-refractivity contribution in [1.29, 1.82) is 15.8 Å². The molecule has 0 fully saturated rings. The molecule has 0 saturated heterocycles. The minimum absolute atomic E-state index is 0.0417. The summed E-state index contributed by atoms with van der Waals surface area (Å²) in [5.74, 6) is 0.125. The van der Waals surface area contributed by atoms with Gasteiger partial charge in [-0.2, -0.15) is 30.7 Å². The van der Waals surface area contributed by atoms with Crippen molar-refractivity contribution in [1.82, 2.24) is 15.0 Å². The maximum Gasteiger partial charge on any atom is 0.283 e. The van der Waals surface area contributed by atoms with E-state index >= 15 is 0 Å². The molecule has 0 unspecified atom stereocenters. The fourth-order valence-corrected chi connectivity index (χ4v) is 0.427. The Kier molecular flexibility index (Phi) is 17.3. The van der Waals surface area contributed by atoms with Crippen molar-refractivity contribution < 1.29 is 15.3 Å². The molecule has 0 saturated carbocycles. The molecule has 96 valence electrons. The van der Waals surface area contributed by atoms with Gasteiger partial charge in [-0.15, -0.1) is 0 Å². The number of nitrogen functional groups attached to an aromatic ring is 3. The topological polar surface area (TPSA) is 249 Å². The third kappa shape index (κ3) is 22.8. The Hall–Kier alpha value is -3.72. The number of hydrogen-bond donors (Lipinski definition) is 6. The molecule has 0 aliphatic carbocycles. The normalized spacial score (nSPS) is 5.83. The average molecular weight is 255 g/mol. The zero-order chi connectivity index (χ0) is 15.0.